The summed E-state index contributed by atoms with van der Waals surface area (Å²) in [5.41, 5.74) is -0.173. The van der Waals surface area contributed by atoms with Crippen molar-refractivity contribution in [1.82, 2.24) is 5.48 Å². The first-order chi connectivity index (χ1) is 30.8. The van der Waals surface area contributed by atoms with Crippen molar-refractivity contribution in [2.45, 2.75) is 125 Å². The van der Waals surface area contributed by atoms with Gasteiger partial charge in [0.2, 0.25) is 0 Å². The summed E-state index contributed by atoms with van der Waals surface area (Å²) in [4.78, 5) is 24.1. The third-order valence-corrected chi connectivity index (χ3v) is 16.1. The number of amides is 2. The lowest BCUT2D eigenvalue weighted by Gasteiger charge is -2.44. The molecule has 2 rings (SSSR count). The first-order valence-electron chi connectivity index (χ1n) is 19.6. The molecule has 0 heterocycles. The topological polar surface area (TPSA) is 106 Å². The van der Waals surface area contributed by atoms with Gasteiger partial charge in [-0.3, -0.25) is 15.3 Å². The van der Waals surface area contributed by atoms with Gasteiger partial charge in [0.25, 0.3) is 5.91 Å². The van der Waals surface area contributed by atoms with Gasteiger partial charge in [0, 0.05) is 18.6 Å². The predicted molar refractivity (Wildman–Crippen MR) is 205 cm³/mol. The third kappa shape index (κ3) is 12.5. The molecule has 3 N–H and O–H groups in total. The Bertz CT molecular complexity index is 2070. The van der Waals surface area contributed by atoms with Crippen molar-refractivity contribution in [3.05, 3.63) is 83.5 Å². The van der Waals surface area contributed by atoms with E-state index in [9.17, 15) is 93.0 Å². The Morgan fingerprint density at radius 2 is 1.24 bits per heavy atom. The van der Waals surface area contributed by atoms with Crippen molar-refractivity contribution in [2.24, 2.45) is 0 Å². The van der Waals surface area contributed by atoms with Crippen molar-refractivity contribution in [2.75, 3.05) is 18.5 Å². The minimum atomic E-state index is -8.72. The van der Waals surface area contributed by atoms with Crippen LogP contribution in [0.25, 0.3) is 0 Å². The maximum atomic E-state index is 15.0. The van der Waals surface area contributed by atoms with Crippen LogP contribution in [-0.2, 0) is 14.0 Å². The molecule has 2 amide bonds. The number of ether oxygens (including phenoxy) is 2. The van der Waals surface area contributed by atoms with Crippen molar-refractivity contribution < 1.29 is 112 Å². The molecule has 0 saturated heterocycles. The summed E-state index contributed by atoms with van der Waals surface area (Å²) in [6.07, 6.45) is -8.35. The number of nitrogens with one attached hydrogen (secondary N) is 2. The number of rotatable bonds is 24. The third-order valence-electron chi connectivity index (χ3n) is 10.4. The Morgan fingerprint density at radius 3 is 1.72 bits per heavy atom. The second-order valence-electron chi connectivity index (χ2n) is 15.7. The summed E-state index contributed by atoms with van der Waals surface area (Å²) in [6, 6.07) is 6.32. The first-order valence-corrected chi connectivity index (χ1v) is 21.9. The second-order valence-corrected chi connectivity index (χ2v) is 20.7. The van der Waals surface area contributed by atoms with Gasteiger partial charge < -0.3 is 13.9 Å². The molecule has 0 unspecified atom stereocenters. The van der Waals surface area contributed by atoms with Gasteiger partial charge in [-0.1, -0.05) is 52.0 Å². The first kappa shape index (κ1) is 59.4. The molecule has 8 nitrogen and oxygen atoms in total. The van der Waals surface area contributed by atoms with Crippen LogP contribution >= 0.6 is 0 Å². The summed E-state index contributed by atoms with van der Waals surface area (Å²) in [6.45, 7) is 5.60. The molecule has 0 radical (unpaired) electrons. The fourth-order valence-electron chi connectivity index (χ4n) is 6.48. The maximum absolute atomic E-state index is 15.0. The van der Waals surface area contributed by atoms with Gasteiger partial charge >= 0.3 is 53.7 Å². The normalized spacial score (nSPS) is 14.7. The van der Waals surface area contributed by atoms with Crippen LogP contribution < -0.4 is 15.5 Å². The van der Waals surface area contributed by atoms with Crippen LogP contribution in [-0.4, -0.2) is 86.4 Å². The highest BCUT2D eigenvalue weighted by Crippen LogP contribution is 2.64. The molecular weight excluding hydrogens is 993 g/mol. The molecule has 2 aromatic carbocycles. The number of halogens is 19. The number of hydrogen-bond donors (Lipinski definition) is 3. The summed E-state index contributed by atoms with van der Waals surface area (Å²) in [5, 5.41) is 10.8. The quantitative estimate of drug-likeness (QED) is 0.0184. The van der Waals surface area contributed by atoms with E-state index < -0.39 is 128 Å². The second kappa shape index (κ2) is 21.9. The van der Waals surface area contributed by atoms with Gasteiger partial charge in [-0.25, -0.2) is 19.1 Å². The average Bonchev–Trinajstić information content (AvgIpc) is 3.21. The zero-order chi connectivity index (χ0) is 52.7. The summed E-state index contributed by atoms with van der Waals surface area (Å²) in [7, 11) is -4.06. The summed E-state index contributed by atoms with van der Waals surface area (Å²) in [5.74, 6) is -59.9. The Morgan fingerprint density at radius 1 is 0.721 bits per heavy atom. The fraction of sp³-hybridized carbons (Fsp3) is 0.550. The molecule has 0 bridgehead atoms. The lowest BCUT2D eigenvalue weighted by molar-refractivity contribution is -0.461. The van der Waals surface area contributed by atoms with E-state index in [0.717, 1.165) is 18.2 Å². The van der Waals surface area contributed by atoms with E-state index >= 15 is 0 Å². The van der Waals surface area contributed by atoms with Gasteiger partial charge in [-0.05, 0) is 72.3 Å². The number of carbonyl (C=O) groups excluding carboxylic acids is 2. The van der Waals surface area contributed by atoms with Crippen LogP contribution in [0.4, 0.5) is 93.9 Å². The molecule has 1 atom stereocenters. The van der Waals surface area contributed by atoms with Crippen LogP contribution in [0.1, 0.15) is 65.5 Å². The molecule has 2 aromatic rings. The minimum absolute atomic E-state index is 0.0443. The number of alkyl halides is 17. The SMILES string of the molecule is CC(/C=C/CC[C@@H](OC(=O)Nc1ccc(F)cc1F)c1ccc(OCCO[Si](CCC(F)(F)C(F)(F)C(F)(F)C(F)(F)C(F)(F)C(F)(F)C(F)(F)C(F)(F)F)(C(C)C)C(C)C)cc1)=C\C(=O)NO. The molecule has 0 saturated carbocycles. The smallest absolute Gasteiger partial charge is 0.460 e. The minimum Gasteiger partial charge on any atom is -0.491 e. The zero-order valence-corrected chi connectivity index (χ0v) is 36.9. The molecule has 0 aliphatic carbocycles. The Hall–Kier alpha value is -4.73. The molecule has 0 aliphatic heterocycles. The lowest BCUT2D eigenvalue weighted by atomic mass is 9.88. The number of hydrogen-bond acceptors (Lipinski definition) is 6. The summed E-state index contributed by atoms with van der Waals surface area (Å²) < 4.78 is 280. The van der Waals surface area contributed by atoms with Crippen molar-refractivity contribution in [1.29, 1.82) is 0 Å². The molecule has 386 valence electrons. The van der Waals surface area contributed by atoms with Crippen LogP contribution in [0, 0.1) is 11.6 Å². The average molecular weight is 1040 g/mol. The van der Waals surface area contributed by atoms with Gasteiger partial charge in [0.15, 0.2) is 8.32 Å². The molecule has 0 fully saturated rings. The lowest BCUT2D eigenvalue weighted by Crippen LogP contribution is -2.74. The van der Waals surface area contributed by atoms with Crippen LogP contribution in [0.2, 0.25) is 17.1 Å². The van der Waals surface area contributed by atoms with Crippen LogP contribution in [0.3, 0.4) is 0 Å². The Balaban J connectivity index is 2.29. The number of allylic oxidation sites excluding steroid dienone is 3. The van der Waals surface area contributed by atoms with E-state index in [2.05, 4.69) is 5.32 Å². The van der Waals surface area contributed by atoms with E-state index in [4.69, 9.17) is 19.1 Å². The zero-order valence-electron chi connectivity index (χ0n) is 35.9. The van der Waals surface area contributed by atoms with E-state index in [-0.39, 0.29) is 18.6 Å². The standard InChI is InChI=1S/C40H43F19N2O6Si/c1-22(2)68(23(3)4,19-16-33(43,44)34(45,46)35(47,48)36(49,50)37(51,52)38(53,54)39(55,56)40(57,58)59)66-18-17-65-27-13-10-25(11-14-27)30(9-7-6-8-24(5)20-31(62)61-64)67-32(63)60-29-15-12-26(41)21-28(29)42/h6,8,10-15,20-23,30,64H,7,9,16-19H2,1-5H3,(H,60,63)(H,61,62)/b8-6+,24-20+/t30-/m1/s1. The maximum Gasteiger partial charge on any atom is 0.460 e. The van der Waals surface area contributed by atoms with Gasteiger partial charge in [-0.2, -0.15) is 74.6 Å². The monoisotopic (exact) mass is 1040 g/mol. The molecular formula is C40H43F19N2O6Si. The number of hydroxylamine groups is 1. The Kier molecular flexibility index (Phi) is 19.1. The largest absolute Gasteiger partial charge is 0.491 e. The number of benzene rings is 2. The van der Waals surface area contributed by atoms with Gasteiger partial charge in [-0.15, -0.1) is 0 Å². The predicted octanol–water partition coefficient (Wildman–Crippen LogP) is 13.6. The van der Waals surface area contributed by atoms with Crippen LogP contribution in [0.15, 0.2) is 66.3 Å². The summed E-state index contributed by atoms with van der Waals surface area (Å²) >= 11 is 0. The highest BCUT2D eigenvalue weighted by molar-refractivity contribution is 6.76. The van der Waals surface area contributed by atoms with Gasteiger partial charge in [0.05, 0.1) is 12.3 Å². The highest BCUT2D eigenvalue weighted by atomic mass is 28.4. The highest BCUT2D eigenvalue weighted by Gasteiger charge is 2.95. The fourth-order valence-corrected chi connectivity index (χ4v) is 10.9. The van der Waals surface area contributed by atoms with E-state index in [1.165, 1.54) is 70.4 Å². The molecule has 0 aliphatic rings. The van der Waals surface area contributed by atoms with Crippen molar-refractivity contribution in [3.8, 4) is 5.75 Å². The molecule has 0 spiro atoms. The van der Waals surface area contributed by atoms with E-state index in [0.29, 0.717) is 17.2 Å². The Labute approximate surface area is 375 Å². The molecule has 0 aromatic heterocycles. The van der Waals surface area contributed by atoms with Gasteiger partial charge in [0.1, 0.15) is 30.1 Å². The van der Waals surface area contributed by atoms with E-state index in [1.54, 1.807) is 6.08 Å². The van der Waals surface area contributed by atoms with Crippen molar-refractivity contribution in [3.63, 3.8) is 0 Å². The number of carbonyl (C=O) groups is 2. The molecule has 68 heavy (non-hydrogen) atoms. The van der Waals surface area contributed by atoms with Crippen LogP contribution in [0.5, 0.6) is 5.75 Å². The van der Waals surface area contributed by atoms with Crippen molar-refractivity contribution >= 4 is 26.0 Å². The number of anilines is 1. The molecule has 28 heteroatoms. The van der Waals surface area contributed by atoms with E-state index in [1.807, 2.05) is 0 Å².